The van der Waals surface area contributed by atoms with Crippen molar-refractivity contribution >= 4 is 34.6 Å². The Kier molecular flexibility index (Phi) is 3.93. The number of amidine groups is 1. The van der Waals surface area contributed by atoms with E-state index in [-0.39, 0.29) is 0 Å². The average Bonchev–Trinajstić information content (AvgIpc) is 2.84. The first-order valence-corrected chi connectivity index (χ1v) is 6.36. The lowest BCUT2D eigenvalue weighted by Gasteiger charge is -2.06. The second-order valence-electron chi connectivity index (χ2n) is 3.61. The first-order chi connectivity index (χ1) is 8.66. The van der Waals surface area contributed by atoms with Gasteiger partial charge in [-0.25, -0.2) is 4.98 Å². The van der Waals surface area contributed by atoms with Crippen LogP contribution >= 0.6 is 11.8 Å². The summed E-state index contributed by atoms with van der Waals surface area (Å²) in [5, 5.41) is 5.40. The van der Waals surface area contributed by atoms with Crippen molar-refractivity contribution in [1.29, 1.82) is 0 Å². The molecule has 0 fully saturated rings. The number of anilines is 1. The molecule has 1 aliphatic rings. The smallest absolute Gasteiger partial charge is 0.302 e. The predicted molar refractivity (Wildman–Crippen MR) is 70.5 cm³/mol. The van der Waals surface area contributed by atoms with Crippen LogP contribution in [0.4, 0.5) is 5.82 Å². The molecule has 2 heterocycles. The fourth-order valence-electron chi connectivity index (χ4n) is 1.35. The van der Waals surface area contributed by atoms with Crippen molar-refractivity contribution in [3.63, 3.8) is 0 Å². The number of nitrogens with one attached hydrogen (secondary N) is 2. The highest BCUT2D eigenvalue weighted by Crippen LogP contribution is 2.10. The Morgan fingerprint density at radius 2 is 2.11 bits per heavy atom. The number of pyridine rings is 1. The van der Waals surface area contributed by atoms with E-state index in [1.165, 1.54) is 11.8 Å². The molecule has 18 heavy (non-hydrogen) atoms. The number of aryl methyl sites for hydroxylation is 1. The summed E-state index contributed by atoms with van der Waals surface area (Å²) >= 11 is 1.42. The van der Waals surface area contributed by atoms with Gasteiger partial charge in [-0.15, -0.1) is 0 Å². The molecule has 0 saturated carbocycles. The van der Waals surface area contributed by atoms with Gasteiger partial charge in [0.05, 0.1) is 6.54 Å². The minimum atomic E-state index is -0.744. The van der Waals surface area contributed by atoms with Crippen molar-refractivity contribution in [1.82, 2.24) is 10.3 Å². The van der Waals surface area contributed by atoms with E-state index in [2.05, 4.69) is 20.6 Å². The van der Waals surface area contributed by atoms with Crippen molar-refractivity contribution in [2.45, 2.75) is 6.92 Å². The van der Waals surface area contributed by atoms with Gasteiger partial charge >= 0.3 is 11.8 Å². The van der Waals surface area contributed by atoms with Gasteiger partial charge in [-0.1, -0.05) is 17.8 Å². The van der Waals surface area contributed by atoms with Gasteiger partial charge in [-0.2, -0.15) is 0 Å². The third-order valence-electron chi connectivity index (χ3n) is 2.25. The molecule has 0 spiro atoms. The molecule has 1 aliphatic heterocycles. The highest BCUT2D eigenvalue weighted by atomic mass is 32.2. The third-order valence-corrected chi connectivity index (χ3v) is 3.14. The van der Waals surface area contributed by atoms with Crippen LogP contribution in [0, 0.1) is 6.92 Å². The van der Waals surface area contributed by atoms with E-state index in [1.54, 1.807) is 25.3 Å². The maximum atomic E-state index is 11.6. The van der Waals surface area contributed by atoms with Crippen LogP contribution in [-0.4, -0.2) is 34.3 Å². The van der Waals surface area contributed by atoms with Gasteiger partial charge in [-0.05, 0) is 18.6 Å². The van der Waals surface area contributed by atoms with Gasteiger partial charge in [0.1, 0.15) is 5.82 Å². The fourth-order valence-corrected chi connectivity index (χ4v) is 2.07. The van der Waals surface area contributed by atoms with Gasteiger partial charge < -0.3 is 5.32 Å². The SMILES string of the molecule is Cc1cccnc1NC(=O)C(=O)NC1=NCCS1. The summed E-state index contributed by atoms with van der Waals surface area (Å²) in [5.41, 5.74) is 0.797. The van der Waals surface area contributed by atoms with E-state index < -0.39 is 11.8 Å². The quantitative estimate of drug-likeness (QED) is 0.725. The number of nitrogens with zero attached hydrogens (tertiary/aromatic N) is 2. The van der Waals surface area contributed by atoms with E-state index >= 15 is 0 Å². The number of hydrogen-bond donors (Lipinski definition) is 2. The Bertz CT molecular complexity index is 516. The molecule has 1 aromatic rings. The summed E-state index contributed by atoms with van der Waals surface area (Å²) in [6.07, 6.45) is 1.55. The molecule has 0 radical (unpaired) electrons. The Morgan fingerprint density at radius 1 is 1.33 bits per heavy atom. The zero-order valence-corrected chi connectivity index (χ0v) is 10.6. The largest absolute Gasteiger partial charge is 0.315 e. The van der Waals surface area contributed by atoms with Crippen molar-refractivity contribution in [2.75, 3.05) is 17.6 Å². The van der Waals surface area contributed by atoms with Crippen LogP contribution in [0.25, 0.3) is 0 Å². The van der Waals surface area contributed by atoms with Crippen LogP contribution in [0.5, 0.6) is 0 Å². The van der Waals surface area contributed by atoms with Crippen LogP contribution in [0.2, 0.25) is 0 Å². The molecular formula is C11H12N4O2S. The average molecular weight is 264 g/mol. The molecule has 0 bridgehead atoms. The monoisotopic (exact) mass is 264 g/mol. The van der Waals surface area contributed by atoms with E-state index in [9.17, 15) is 9.59 Å². The highest BCUT2D eigenvalue weighted by Gasteiger charge is 2.18. The fraction of sp³-hybridized carbons (Fsp3) is 0.273. The van der Waals surface area contributed by atoms with Crippen LogP contribution in [0.15, 0.2) is 23.3 Å². The molecule has 2 N–H and O–H groups in total. The molecule has 2 amide bonds. The first-order valence-electron chi connectivity index (χ1n) is 5.38. The second kappa shape index (κ2) is 5.63. The third kappa shape index (κ3) is 3.07. The molecule has 1 aromatic heterocycles. The molecule has 0 atom stereocenters. The maximum absolute atomic E-state index is 11.6. The number of thioether (sulfide) groups is 1. The highest BCUT2D eigenvalue weighted by molar-refractivity contribution is 8.14. The van der Waals surface area contributed by atoms with Crippen molar-refractivity contribution in [3.05, 3.63) is 23.9 Å². The summed E-state index contributed by atoms with van der Waals surface area (Å²) in [4.78, 5) is 31.2. The van der Waals surface area contributed by atoms with Gasteiger partial charge in [-0.3, -0.25) is 19.9 Å². The number of carbonyl (C=O) groups is 2. The van der Waals surface area contributed by atoms with E-state index in [1.807, 2.05) is 0 Å². The number of carbonyl (C=O) groups excluding carboxylic acids is 2. The lowest BCUT2D eigenvalue weighted by molar-refractivity contribution is -0.135. The number of rotatable bonds is 1. The molecule has 7 heteroatoms. The molecular weight excluding hydrogens is 252 g/mol. The van der Waals surface area contributed by atoms with Gasteiger partial charge in [0, 0.05) is 11.9 Å². The summed E-state index contributed by atoms with van der Waals surface area (Å²) in [6.45, 7) is 2.47. The number of aliphatic imine (C=N–C) groups is 1. The minimum Gasteiger partial charge on any atom is -0.302 e. The maximum Gasteiger partial charge on any atom is 0.315 e. The first kappa shape index (κ1) is 12.6. The van der Waals surface area contributed by atoms with Crippen molar-refractivity contribution in [2.24, 2.45) is 4.99 Å². The number of hydrogen-bond acceptors (Lipinski definition) is 5. The molecule has 0 saturated heterocycles. The lowest BCUT2D eigenvalue weighted by Crippen LogP contribution is -2.37. The van der Waals surface area contributed by atoms with Gasteiger partial charge in [0.25, 0.3) is 0 Å². The van der Waals surface area contributed by atoms with Gasteiger partial charge in [0.15, 0.2) is 5.17 Å². The van der Waals surface area contributed by atoms with E-state index in [0.29, 0.717) is 17.5 Å². The number of amides is 2. The summed E-state index contributed by atoms with van der Waals surface area (Å²) in [6, 6.07) is 3.56. The minimum absolute atomic E-state index is 0.388. The van der Waals surface area contributed by atoms with E-state index in [0.717, 1.165) is 11.3 Å². The zero-order valence-electron chi connectivity index (χ0n) is 9.77. The Labute approximate surface area is 108 Å². The number of aromatic nitrogens is 1. The molecule has 6 nitrogen and oxygen atoms in total. The zero-order chi connectivity index (χ0) is 13.0. The Morgan fingerprint density at radius 3 is 2.78 bits per heavy atom. The molecule has 94 valence electrons. The molecule has 2 rings (SSSR count). The second-order valence-corrected chi connectivity index (χ2v) is 4.70. The normalized spacial score (nSPS) is 13.9. The topological polar surface area (TPSA) is 83.5 Å². The van der Waals surface area contributed by atoms with Gasteiger partial charge in [0.2, 0.25) is 0 Å². The molecule has 0 unspecified atom stereocenters. The summed E-state index contributed by atoms with van der Waals surface area (Å²) in [7, 11) is 0. The van der Waals surface area contributed by atoms with Crippen LogP contribution in [0.1, 0.15) is 5.56 Å². The van der Waals surface area contributed by atoms with Crippen LogP contribution in [0.3, 0.4) is 0 Å². The molecule has 0 aliphatic carbocycles. The summed E-state index contributed by atoms with van der Waals surface area (Å²) < 4.78 is 0. The molecule has 0 aromatic carbocycles. The standard InChI is InChI=1S/C11H12N4O2S/c1-7-3-2-4-12-8(7)14-9(16)10(17)15-11-13-5-6-18-11/h2-4H,5-6H2,1H3,(H,12,14,16)(H,13,15,17). The Balaban J connectivity index is 1.95. The Hall–Kier alpha value is -1.89. The predicted octanol–water partition coefficient (Wildman–Crippen LogP) is 0.548. The van der Waals surface area contributed by atoms with Crippen LogP contribution in [-0.2, 0) is 9.59 Å². The van der Waals surface area contributed by atoms with Crippen molar-refractivity contribution < 1.29 is 9.59 Å². The van der Waals surface area contributed by atoms with Crippen LogP contribution < -0.4 is 10.6 Å². The lowest BCUT2D eigenvalue weighted by atomic mass is 10.3. The van der Waals surface area contributed by atoms with Crippen molar-refractivity contribution in [3.8, 4) is 0 Å². The summed E-state index contributed by atoms with van der Waals surface area (Å²) in [5.74, 6) is -0.254. The van der Waals surface area contributed by atoms with E-state index in [4.69, 9.17) is 0 Å².